The quantitative estimate of drug-likeness (QED) is 0.525. The Kier molecular flexibility index (Phi) is 5.64. The number of rotatable bonds is 3. The number of fused-ring (bicyclic) bond motifs is 3. The number of piperidine rings is 1. The summed E-state index contributed by atoms with van der Waals surface area (Å²) in [5.74, 6) is -0.166. The van der Waals surface area contributed by atoms with Crippen LogP contribution in [0.5, 0.6) is 0 Å². The Morgan fingerprint density at radius 3 is 2.60 bits per heavy atom. The molecule has 1 saturated heterocycles. The molecule has 1 atom stereocenters. The van der Waals surface area contributed by atoms with Crippen LogP contribution in [0.3, 0.4) is 0 Å². The van der Waals surface area contributed by atoms with Gasteiger partial charge in [0.1, 0.15) is 11.9 Å². The summed E-state index contributed by atoms with van der Waals surface area (Å²) in [7, 11) is 0. The van der Waals surface area contributed by atoms with E-state index < -0.39 is 23.4 Å². The third kappa shape index (κ3) is 4.19. The van der Waals surface area contributed by atoms with Crippen LogP contribution in [0.25, 0.3) is 10.9 Å². The molecule has 11 heteroatoms. The summed E-state index contributed by atoms with van der Waals surface area (Å²) in [4.78, 5) is 31.7. The SMILES string of the molecule is O=C1Nc2c3ccccc3nc(=S)n2C1CC(=O)N1CCC(O)(c2cccc(C(F)(F)F)c2)CC1. The second-order valence-electron chi connectivity index (χ2n) is 8.83. The van der Waals surface area contributed by atoms with E-state index in [4.69, 9.17) is 12.2 Å². The molecule has 0 aliphatic carbocycles. The first-order chi connectivity index (χ1) is 16.6. The maximum Gasteiger partial charge on any atom is 0.416 e. The summed E-state index contributed by atoms with van der Waals surface area (Å²) in [5, 5.41) is 14.6. The number of aliphatic hydroxyl groups is 1. The molecule has 0 saturated carbocycles. The molecule has 35 heavy (non-hydrogen) atoms. The Morgan fingerprint density at radius 1 is 1.17 bits per heavy atom. The van der Waals surface area contributed by atoms with Crippen LogP contribution in [0.2, 0.25) is 0 Å². The van der Waals surface area contributed by atoms with Crippen molar-refractivity contribution in [1.29, 1.82) is 0 Å². The Hall–Kier alpha value is -3.31. The van der Waals surface area contributed by atoms with E-state index in [9.17, 15) is 27.9 Å². The first-order valence-corrected chi connectivity index (χ1v) is 11.5. The van der Waals surface area contributed by atoms with Gasteiger partial charge in [0.15, 0.2) is 0 Å². The van der Waals surface area contributed by atoms with Gasteiger partial charge in [0.25, 0.3) is 0 Å². The van der Waals surface area contributed by atoms with Crippen molar-refractivity contribution in [3.63, 3.8) is 0 Å². The number of alkyl halides is 3. The topological polar surface area (TPSA) is 87.5 Å². The van der Waals surface area contributed by atoms with E-state index in [0.717, 1.165) is 12.1 Å². The highest BCUT2D eigenvalue weighted by Crippen LogP contribution is 2.38. The molecule has 2 aliphatic heterocycles. The molecule has 1 unspecified atom stereocenters. The second-order valence-corrected chi connectivity index (χ2v) is 9.20. The molecule has 7 nitrogen and oxygen atoms in total. The van der Waals surface area contributed by atoms with Crippen molar-refractivity contribution < 1.29 is 27.9 Å². The van der Waals surface area contributed by atoms with E-state index in [1.54, 1.807) is 10.6 Å². The summed E-state index contributed by atoms with van der Waals surface area (Å²) < 4.78 is 41.0. The van der Waals surface area contributed by atoms with Gasteiger partial charge in [-0.1, -0.05) is 24.3 Å². The fourth-order valence-corrected chi connectivity index (χ4v) is 5.08. The molecular formula is C24H21F3N4O3S. The zero-order valence-electron chi connectivity index (χ0n) is 18.4. The van der Waals surface area contributed by atoms with Gasteiger partial charge in [-0.2, -0.15) is 13.2 Å². The molecule has 0 spiro atoms. The third-order valence-corrected chi connectivity index (χ3v) is 7.00. The smallest absolute Gasteiger partial charge is 0.385 e. The number of hydrogen-bond acceptors (Lipinski definition) is 5. The van der Waals surface area contributed by atoms with Crippen LogP contribution >= 0.6 is 12.2 Å². The third-order valence-electron chi connectivity index (χ3n) is 6.72. The normalized spacial score (nSPS) is 19.5. The van der Waals surface area contributed by atoms with E-state index in [1.165, 1.54) is 17.0 Å². The van der Waals surface area contributed by atoms with E-state index in [2.05, 4.69) is 10.3 Å². The van der Waals surface area contributed by atoms with E-state index in [-0.39, 0.29) is 54.5 Å². The van der Waals surface area contributed by atoms with Gasteiger partial charge in [-0.15, -0.1) is 0 Å². The zero-order chi connectivity index (χ0) is 25.0. The summed E-state index contributed by atoms with van der Waals surface area (Å²) in [6.45, 7) is 0.294. The molecule has 3 heterocycles. The minimum Gasteiger partial charge on any atom is -0.385 e. The number of carbonyl (C=O) groups is 2. The summed E-state index contributed by atoms with van der Waals surface area (Å²) in [5.41, 5.74) is -1.49. The standard InChI is InChI=1S/C24H21F3N4O3S/c25-24(26,27)15-5-3-4-14(12-15)23(34)8-10-30(11-9-23)19(32)13-18-21(33)29-20-16-6-1-2-7-17(16)28-22(35)31(18)20/h1-7,12,18,34H,8-11,13H2,(H,29,33). The lowest BCUT2D eigenvalue weighted by Gasteiger charge is -2.39. The average molecular weight is 503 g/mol. The van der Waals surface area contributed by atoms with Crippen molar-refractivity contribution in [2.24, 2.45) is 0 Å². The number of amides is 2. The summed E-state index contributed by atoms with van der Waals surface area (Å²) in [6, 6.07) is 11.0. The summed E-state index contributed by atoms with van der Waals surface area (Å²) in [6.07, 6.45) is -4.49. The van der Waals surface area contributed by atoms with Crippen molar-refractivity contribution in [2.45, 2.75) is 37.1 Å². The Morgan fingerprint density at radius 2 is 1.89 bits per heavy atom. The molecule has 1 aromatic heterocycles. The minimum absolute atomic E-state index is 0.0825. The maximum atomic E-state index is 13.1. The number of aromatic nitrogens is 2. The van der Waals surface area contributed by atoms with Crippen molar-refractivity contribution in [1.82, 2.24) is 14.5 Å². The molecule has 2 N–H and O–H groups in total. The van der Waals surface area contributed by atoms with Gasteiger partial charge in [-0.05, 0) is 54.9 Å². The molecule has 2 aromatic carbocycles. The number of benzene rings is 2. The number of nitrogens with zero attached hydrogens (tertiary/aromatic N) is 3. The molecular weight excluding hydrogens is 481 g/mol. The maximum absolute atomic E-state index is 13.1. The largest absolute Gasteiger partial charge is 0.416 e. The van der Waals surface area contributed by atoms with Crippen LogP contribution in [0.15, 0.2) is 48.5 Å². The summed E-state index contributed by atoms with van der Waals surface area (Å²) >= 11 is 5.39. The molecule has 2 aliphatic rings. The van der Waals surface area contributed by atoms with Crippen molar-refractivity contribution in [2.75, 3.05) is 18.4 Å². The highest BCUT2D eigenvalue weighted by Gasteiger charge is 2.40. The zero-order valence-corrected chi connectivity index (χ0v) is 19.2. The van der Waals surface area contributed by atoms with E-state index in [1.807, 2.05) is 18.2 Å². The molecule has 2 amide bonds. The van der Waals surface area contributed by atoms with Gasteiger partial charge < -0.3 is 15.3 Å². The number of likely N-dealkylation sites (tertiary alicyclic amines) is 1. The van der Waals surface area contributed by atoms with Gasteiger partial charge in [-0.25, -0.2) is 4.98 Å². The first-order valence-electron chi connectivity index (χ1n) is 11.1. The molecule has 182 valence electrons. The van der Waals surface area contributed by atoms with Gasteiger partial charge in [0, 0.05) is 18.5 Å². The first kappa shape index (κ1) is 23.4. The lowest BCUT2D eigenvalue weighted by Crippen LogP contribution is -2.45. The highest BCUT2D eigenvalue weighted by molar-refractivity contribution is 7.71. The molecule has 1 fully saturated rings. The monoisotopic (exact) mass is 502 g/mol. The van der Waals surface area contributed by atoms with Crippen LogP contribution in [0, 0.1) is 4.77 Å². The molecule has 5 rings (SSSR count). The van der Waals surface area contributed by atoms with Crippen molar-refractivity contribution >= 4 is 40.8 Å². The number of carbonyl (C=O) groups excluding carboxylic acids is 2. The molecule has 0 bridgehead atoms. The Labute approximate surface area is 203 Å². The molecule has 0 radical (unpaired) electrons. The average Bonchev–Trinajstić information content (AvgIpc) is 3.16. The number of nitrogens with one attached hydrogen (secondary N) is 1. The Balaban J connectivity index is 1.31. The second kappa shape index (κ2) is 8.42. The van der Waals surface area contributed by atoms with E-state index >= 15 is 0 Å². The van der Waals surface area contributed by atoms with Crippen LogP contribution in [-0.4, -0.2) is 44.5 Å². The lowest BCUT2D eigenvalue weighted by atomic mass is 9.83. The van der Waals surface area contributed by atoms with Gasteiger partial charge >= 0.3 is 6.18 Å². The van der Waals surface area contributed by atoms with Gasteiger partial charge in [0.05, 0.1) is 23.1 Å². The number of halogens is 3. The van der Waals surface area contributed by atoms with Gasteiger partial charge in [0.2, 0.25) is 16.6 Å². The molecule has 3 aromatic rings. The van der Waals surface area contributed by atoms with Crippen LogP contribution < -0.4 is 5.32 Å². The van der Waals surface area contributed by atoms with E-state index in [0.29, 0.717) is 16.7 Å². The number of anilines is 1. The predicted octanol–water partition coefficient (Wildman–Crippen LogP) is 4.18. The Bertz CT molecular complexity index is 1400. The van der Waals surface area contributed by atoms with Crippen LogP contribution in [-0.2, 0) is 21.4 Å². The van der Waals surface area contributed by atoms with Gasteiger partial charge in [-0.3, -0.25) is 14.2 Å². The fraction of sp³-hybridized carbons (Fsp3) is 0.333. The lowest BCUT2D eigenvalue weighted by molar-refractivity contribution is -0.138. The highest BCUT2D eigenvalue weighted by atomic mass is 32.1. The van der Waals surface area contributed by atoms with Crippen LogP contribution in [0.4, 0.5) is 19.0 Å². The minimum atomic E-state index is -4.51. The fourth-order valence-electron chi connectivity index (χ4n) is 4.77. The number of hydrogen-bond donors (Lipinski definition) is 2. The van der Waals surface area contributed by atoms with Crippen LogP contribution in [0.1, 0.15) is 36.4 Å². The van der Waals surface area contributed by atoms with Crippen molar-refractivity contribution in [3.8, 4) is 0 Å². The predicted molar refractivity (Wildman–Crippen MR) is 124 cm³/mol. The number of para-hydroxylation sites is 1. The van der Waals surface area contributed by atoms with Crippen molar-refractivity contribution in [3.05, 3.63) is 64.4 Å².